The molecular formula is C38H69BrOSiSn. The van der Waals surface area contributed by atoms with E-state index in [1.165, 1.54) is 68.7 Å². The summed E-state index contributed by atoms with van der Waals surface area (Å²) in [6.45, 7) is 30.5. The number of hydrogen-bond acceptors (Lipinski definition) is 1. The van der Waals surface area contributed by atoms with Crippen molar-refractivity contribution in [3.63, 3.8) is 0 Å². The van der Waals surface area contributed by atoms with E-state index in [1.54, 1.807) is 5.57 Å². The first kappa shape index (κ1) is 35.8. The van der Waals surface area contributed by atoms with Gasteiger partial charge >= 0.3 is 278 Å². The van der Waals surface area contributed by atoms with Gasteiger partial charge in [0.1, 0.15) is 0 Å². The van der Waals surface area contributed by atoms with Crippen LogP contribution in [0.3, 0.4) is 0 Å². The van der Waals surface area contributed by atoms with Crippen LogP contribution < -0.4 is 0 Å². The monoisotopic (exact) mass is 768 g/mol. The summed E-state index contributed by atoms with van der Waals surface area (Å²) in [5.74, 6) is 1.50. The SMILES string of the molecule is CC1(C)CCC(CC[C@@]2(C)[C]([Sn]([CH3])([CH3])[CH3])=CC[C@@H]3[C@@]4(C)CC[C@H](O[Si](C)(C)C(C)(C)C)C(C)(C)[C@@H]4CC[C@]32C)=C(Br)C1. The zero-order chi connectivity index (χ0) is 31.9. The molecular weight excluding hydrogens is 699 g/mol. The summed E-state index contributed by atoms with van der Waals surface area (Å²) in [6.07, 6.45) is 16.4. The van der Waals surface area contributed by atoms with E-state index in [2.05, 4.69) is 119 Å². The quantitative estimate of drug-likeness (QED) is 0.245. The summed E-state index contributed by atoms with van der Waals surface area (Å²) in [7, 11) is -1.82. The van der Waals surface area contributed by atoms with Crippen LogP contribution in [0.25, 0.3) is 0 Å². The maximum absolute atomic E-state index is 7.27. The predicted molar refractivity (Wildman–Crippen MR) is 194 cm³/mol. The van der Waals surface area contributed by atoms with Gasteiger partial charge in [-0.15, -0.1) is 0 Å². The van der Waals surface area contributed by atoms with E-state index in [9.17, 15) is 0 Å². The standard InChI is InChI=1S/C35H60BrOSi.3CH3.Sn/c1-30(2,3)38(11,12)37-29-18-22-34(9)27(32(29,6)7)17-23-35(10)28(34)14-13-19-33(35,8)21-16-25-15-20-31(4,5)24-26(25)36;;;;/h13,27-29H,14-18,20-24H2,1-12H3;3*1H3;/t27-,28+,29-,33+,34-,35+;;;;/m0..../s1. The molecule has 0 aromatic rings. The van der Waals surface area contributed by atoms with Crippen molar-refractivity contribution in [2.24, 2.45) is 38.9 Å². The van der Waals surface area contributed by atoms with Gasteiger partial charge in [-0.25, -0.2) is 0 Å². The van der Waals surface area contributed by atoms with Crippen LogP contribution in [0.15, 0.2) is 19.7 Å². The molecule has 4 aliphatic carbocycles. The topological polar surface area (TPSA) is 9.23 Å². The second-order valence-corrected chi connectivity index (χ2v) is 40.2. The zero-order valence-electron chi connectivity index (χ0n) is 30.7. The molecule has 0 bridgehead atoms. The van der Waals surface area contributed by atoms with Gasteiger partial charge in [-0.3, -0.25) is 0 Å². The summed E-state index contributed by atoms with van der Waals surface area (Å²) >= 11 is 1.75. The molecule has 0 amide bonds. The molecule has 0 aliphatic heterocycles. The molecule has 2 fully saturated rings. The van der Waals surface area contributed by atoms with Gasteiger partial charge in [0.05, 0.1) is 0 Å². The number of allylic oxidation sites excluding steroid dienone is 4. The molecule has 0 aromatic carbocycles. The van der Waals surface area contributed by atoms with Gasteiger partial charge < -0.3 is 0 Å². The average Bonchev–Trinajstić information content (AvgIpc) is 2.79. The third kappa shape index (κ3) is 6.04. The van der Waals surface area contributed by atoms with E-state index in [-0.39, 0.29) is 10.5 Å². The molecule has 0 spiro atoms. The molecule has 0 unspecified atom stereocenters. The van der Waals surface area contributed by atoms with Crippen LogP contribution in [-0.4, -0.2) is 32.8 Å². The summed E-state index contributed by atoms with van der Waals surface area (Å²) < 4.78 is 10.8. The van der Waals surface area contributed by atoms with Gasteiger partial charge in [-0.2, -0.15) is 0 Å². The normalized spacial score (nSPS) is 39.0. The number of rotatable bonds is 6. The first-order valence-corrected chi connectivity index (χ1v) is 31.3. The van der Waals surface area contributed by atoms with E-state index in [0.717, 1.165) is 11.8 Å². The van der Waals surface area contributed by atoms with Crippen molar-refractivity contribution in [2.75, 3.05) is 0 Å². The Hall–Kier alpha value is 0.936. The molecule has 0 N–H and O–H groups in total. The van der Waals surface area contributed by atoms with Crippen molar-refractivity contribution in [3.8, 4) is 0 Å². The Bertz CT molecular complexity index is 1100. The van der Waals surface area contributed by atoms with Crippen LogP contribution in [0.1, 0.15) is 133 Å². The van der Waals surface area contributed by atoms with E-state index in [0.29, 0.717) is 27.8 Å². The molecule has 0 aromatic heterocycles. The van der Waals surface area contributed by atoms with Crippen LogP contribution in [0.4, 0.5) is 0 Å². The van der Waals surface area contributed by atoms with E-state index in [4.69, 9.17) is 4.43 Å². The van der Waals surface area contributed by atoms with Crippen LogP contribution in [-0.2, 0) is 4.43 Å². The van der Waals surface area contributed by atoms with Crippen molar-refractivity contribution < 1.29 is 4.43 Å². The Morgan fingerprint density at radius 3 is 2.10 bits per heavy atom. The molecule has 0 radical (unpaired) electrons. The van der Waals surface area contributed by atoms with Crippen LogP contribution >= 0.6 is 15.9 Å². The van der Waals surface area contributed by atoms with Gasteiger partial charge in [0.15, 0.2) is 0 Å². The Morgan fingerprint density at radius 2 is 1.55 bits per heavy atom. The third-order valence-electron chi connectivity index (χ3n) is 14.5. The van der Waals surface area contributed by atoms with Crippen molar-refractivity contribution in [1.29, 1.82) is 0 Å². The predicted octanol–water partition coefficient (Wildman–Crippen LogP) is 13.1. The van der Waals surface area contributed by atoms with Crippen molar-refractivity contribution >= 4 is 42.6 Å². The minimum atomic E-state index is -2.34. The van der Waals surface area contributed by atoms with Crippen LogP contribution in [0, 0.1) is 38.9 Å². The van der Waals surface area contributed by atoms with Crippen molar-refractivity contribution in [3.05, 3.63) is 19.7 Å². The molecule has 4 heteroatoms. The Labute approximate surface area is 276 Å². The van der Waals surface area contributed by atoms with Gasteiger partial charge in [-0.1, -0.05) is 0 Å². The van der Waals surface area contributed by atoms with E-state index in [1.807, 2.05) is 3.59 Å². The summed E-state index contributed by atoms with van der Waals surface area (Å²) in [4.78, 5) is 8.09. The molecule has 6 atom stereocenters. The third-order valence-corrected chi connectivity index (χ3v) is 26.6. The Morgan fingerprint density at radius 1 is 0.929 bits per heavy atom. The number of fused-ring (bicyclic) bond motifs is 3. The molecule has 42 heavy (non-hydrogen) atoms. The van der Waals surface area contributed by atoms with Gasteiger partial charge in [0.25, 0.3) is 0 Å². The molecule has 4 aliphatic rings. The Balaban J connectivity index is 1.69. The average molecular weight is 769 g/mol. The minimum absolute atomic E-state index is 0.220. The molecule has 4 rings (SSSR count). The first-order chi connectivity index (χ1) is 18.8. The number of halogens is 1. The van der Waals surface area contributed by atoms with Gasteiger partial charge in [-0.05, 0) is 0 Å². The molecule has 1 nitrogen and oxygen atoms in total. The molecule has 0 heterocycles. The fraction of sp³-hybridized carbons (Fsp3) is 0.895. The summed E-state index contributed by atoms with van der Waals surface area (Å²) in [5.41, 5.74) is 3.45. The fourth-order valence-corrected chi connectivity index (χ4v) is 21.3. The second-order valence-electron chi connectivity index (χ2n) is 20.1. The van der Waals surface area contributed by atoms with Crippen LogP contribution in [0.2, 0.25) is 33.0 Å². The first-order valence-electron chi connectivity index (χ1n) is 17.6. The van der Waals surface area contributed by atoms with Crippen molar-refractivity contribution in [2.45, 2.75) is 173 Å². The summed E-state index contributed by atoms with van der Waals surface area (Å²) in [5, 5.41) is 0.263. The van der Waals surface area contributed by atoms with E-state index >= 15 is 0 Å². The molecule has 2 saturated carbocycles. The van der Waals surface area contributed by atoms with Crippen molar-refractivity contribution in [1.82, 2.24) is 0 Å². The van der Waals surface area contributed by atoms with Crippen LogP contribution in [0.5, 0.6) is 0 Å². The maximum atomic E-state index is 7.27. The second kappa shape index (κ2) is 11.3. The summed E-state index contributed by atoms with van der Waals surface area (Å²) in [6, 6.07) is 0. The Kier molecular flexibility index (Phi) is 9.61. The zero-order valence-corrected chi connectivity index (χ0v) is 36.1. The fourth-order valence-electron chi connectivity index (χ4n) is 10.7. The van der Waals surface area contributed by atoms with E-state index < -0.39 is 26.7 Å². The van der Waals surface area contributed by atoms with Gasteiger partial charge in [0, 0.05) is 0 Å². The molecule has 0 saturated heterocycles. The molecule has 242 valence electrons. The van der Waals surface area contributed by atoms with Gasteiger partial charge in [0.2, 0.25) is 0 Å². The number of hydrogen-bond donors (Lipinski definition) is 0.